The van der Waals surface area contributed by atoms with E-state index in [9.17, 15) is 4.79 Å². The van der Waals surface area contributed by atoms with Crippen LogP contribution in [0.1, 0.15) is 43.7 Å². The molecule has 1 amide bonds. The van der Waals surface area contributed by atoms with Crippen molar-refractivity contribution in [1.29, 1.82) is 0 Å². The van der Waals surface area contributed by atoms with Crippen molar-refractivity contribution in [3.05, 3.63) is 70.6 Å². The molecule has 0 saturated heterocycles. The number of rotatable bonds is 4. The Balaban J connectivity index is 1.61. The van der Waals surface area contributed by atoms with Gasteiger partial charge in [-0.3, -0.25) is 4.79 Å². The molecule has 4 nitrogen and oxygen atoms in total. The number of thiazole rings is 1. The van der Waals surface area contributed by atoms with E-state index in [1.165, 1.54) is 10.4 Å². The summed E-state index contributed by atoms with van der Waals surface area (Å²) >= 11 is 3.38. The van der Waals surface area contributed by atoms with Crippen LogP contribution in [0.5, 0.6) is 0 Å². The molecule has 2 N–H and O–H groups in total. The minimum Gasteiger partial charge on any atom is -0.317 e. The molecule has 0 spiro atoms. The van der Waals surface area contributed by atoms with Gasteiger partial charge in [-0.1, -0.05) is 42.5 Å². The Labute approximate surface area is 196 Å². The average molecular weight is 462 g/mol. The lowest BCUT2D eigenvalue weighted by atomic mass is 9.81. The van der Waals surface area contributed by atoms with Gasteiger partial charge in [-0.2, -0.15) is 0 Å². The largest absolute Gasteiger partial charge is 0.317 e. The van der Waals surface area contributed by atoms with Crippen LogP contribution in [0.2, 0.25) is 0 Å². The van der Waals surface area contributed by atoms with Crippen LogP contribution in [0, 0.1) is 0 Å². The minimum absolute atomic E-state index is 0.00202. The number of para-hydroxylation sites is 1. The lowest BCUT2D eigenvalue weighted by Gasteiger charge is -2.42. The quantitative estimate of drug-likeness (QED) is 0.371. The third-order valence-electron chi connectivity index (χ3n) is 5.81. The van der Waals surface area contributed by atoms with E-state index in [4.69, 9.17) is 4.98 Å². The molecule has 0 unspecified atom stereocenters. The van der Waals surface area contributed by atoms with Crippen LogP contribution >= 0.6 is 22.7 Å². The average Bonchev–Trinajstić information content (AvgIpc) is 3.28. The van der Waals surface area contributed by atoms with Crippen LogP contribution in [0.4, 0.5) is 5.00 Å². The number of carbonyl (C=O) groups excluding carboxylic acids is 1. The van der Waals surface area contributed by atoms with Gasteiger partial charge < -0.3 is 10.6 Å². The molecule has 164 valence electrons. The first-order chi connectivity index (χ1) is 15.2. The number of benzene rings is 2. The third kappa shape index (κ3) is 3.98. The zero-order valence-electron chi connectivity index (χ0n) is 18.8. The lowest BCUT2D eigenvalue weighted by Crippen LogP contribution is -2.54. The number of anilines is 1. The molecule has 0 aliphatic carbocycles. The highest BCUT2D eigenvalue weighted by Crippen LogP contribution is 2.50. The van der Waals surface area contributed by atoms with Gasteiger partial charge in [-0.25, -0.2) is 4.98 Å². The maximum absolute atomic E-state index is 13.0. The van der Waals surface area contributed by atoms with Gasteiger partial charge in [0.15, 0.2) is 0 Å². The number of nitrogens with one attached hydrogen (secondary N) is 2. The maximum atomic E-state index is 13.0. The van der Waals surface area contributed by atoms with Gasteiger partial charge in [0, 0.05) is 21.5 Å². The normalized spacial score (nSPS) is 16.6. The summed E-state index contributed by atoms with van der Waals surface area (Å²) in [5.41, 5.74) is 4.18. The van der Waals surface area contributed by atoms with Gasteiger partial charge in [-0.05, 0) is 57.4 Å². The topological polar surface area (TPSA) is 54.0 Å². The molecule has 1 aliphatic heterocycles. The van der Waals surface area contributed by atoms with E-state index in [0.717, 1.165) is 37.8 Å². The molecule has 0 saturated carbocycles. The molecule has 3 heterocycles. The number of thiophene rings is 1. The molecular weight excluding hydrogens is 434 g/mol. The Morgan fingerprint density at radius 1 is 1.03 bits per heavy atom. The van der Waals surface area contributed by atoms with E-state index in [0.29, 0.717) is 6.42 Å². The first kappa shape index (κ1) is 21.3. The van der Waals surface area contributed by atoms with Crippen LogP contribution in [0.3, 0.4) is 0 Å². The summed E-state index contributed by atoms with van der Waals surface area (Å²) in [5.74, 6) is 0.00202. The molecule has 32 heavy (non-hydrogen) atoms. The zero-order valence-corrected chi connectivity index (χ0v) is 20.4. The summed E-state index contributed by atoms with van der Waals surface area (Å²) in [6.07, 6.45) is 1.25. The fourth-order valence-corrected chi connectivity index (χ4v) is 7.18. The number of aromatic nitrogens is 1. The van der Waals surface area contributed by atoms with Gasteiger partial charge >= 0.3 is 0 Å². The SMILES string of the molecule is CC1(C)Cc2c(sc(NC(=O)Cc3ccccc3)c2-c2nc3ccccc3s2)C(C)(C)N1. The van der Waals surface area contributed by atoms with Gasteiger partial charge in [0.25, 0.3) is 0 Å². The van der Waals surface area contributed by atoms with E-state index in [1.54, 1.807) is 22.7 Å². The van der Waals surface area contributed by atoms with Crippen molar-refractivity contribution in [1.82, 2.24) is 10.3 Å². The summed E-state index contributed by atoms with van der Waals surface area (Å²) in [4.78, 5) is 19.2. The fraction of sp³-hybridized carbons (Fsp3) is 0.308. The van der Waals surface area contributed by atoms with Crippen LogP contribution in [0.15, 0.2) is 54.6 Å². The van der Waals surface area contributed by atoms with Crippen LogP contribution in [-0.4, -0.2) is 16.4 Å². The predicted molar refractivity (Wildman–Crippen MR) is 136 cm³/mol. The summed E-state index contributed by atoms with van der Waals surface area (Å²) in [6.45, 7) is 8.93. The monoisotopic (exact) mass is 461 g/mol. The molecule has 1 aliphatic rings. The number of fused-ring (bicyclic) bond motifs is 2. The van der Waals surface area contributed by atoms with Crippen LogP contribution in [0.25, 0.3) is 20.8 Å². The molecule has 0 radical (unpaired) electrons. The van der Waals surface area contributed by atoms with Crippen molar-refractivity contribution >= 4 is 43.8 Å². The number of amides is 1. The Morgan fingerprint density at radius 3 is 2.50 bits per heavy atom. The maximum Gasteiger partial charge on any atom is 0.229 e. The summed E-state index contributed by atoms with van der Waals surface area (Å²) < 4.78 is 1.16. The molecule has 0 atom stereocenters. The third-order valence-corrected chi connectivity index (χ3v) is 8.34. The van der Waals surface area contributed by atoms with E-state index in [2.05, 4.69) is 50.5 Å². The second kappa shape index (κ2) is 7.80. The number of carbonyl (C=O) groups is 1. The Hall–Kier alpha value is -2.54. The fourth-order valence-electron chi connectivity index (χ4n) is 4.77. The summed E-state index contributed by atoms with van der Waals surface area (Å²) in [7, 11) is 0. The molecular formula is C26H27N3OS2. The van der Waals surface area contributed by atoms with Crippen LogP contribution in [-0.2, 0) is 23.2 Å². The standard InChI is InChI=1S/C26H27N3OS2/c1-25(2)15-17-21(23-27-18-12-8-9-13-19(18)31-23)24(32-22(17)26(3,4)29-25)28-20(30)14-16-10-6-5-7-11-16/h5-13,29H,14-15H2,1-4H3,(H,28,30). The molecule has 2 aromatic heterocycles. The van der Waals surface area contributed by atoms with Crippen molar-refractivity contribution in [3.63, 3.8) is 0 Å². The Kier molecular flexibility index (Phi) is 5.19. The van der Waals surface area contributed by atoms with Gasteiger partial charge in [-0.15, -0.1) is 22.7 Å². The lowest BCUT2D eigenvalue weighted by molar-refractivity contribution is -0.115. The minimum atomic E-state index is -0.185. The highest BCUT2D eigenvalue weighted by atomic mass is 32.1. The van der Waals surface area contributed by atoms with Crippen molar-refractivity contribution < 1.29 is 4.79 Å². The first-order valence-corrected chi connectivity index (χ1v) is 12.5. The van der Waals surface area contributed by atoms with Gasteiger partial charge in [0.05, 0.1) is 16.6 Å². The van der Waals surface area contributed by atoms with Crippen molar-refractivity contribution in [2.75, 3.05) is 5.32 Å². The molecule has 6 heteroatoms. The van der Waals surface area contributed by atoms with E-state index in [1.807, 2.05) is 42.5 Å². The van der Waals surface area contributed by atoms with Gasteiger partial charge in [0.1, 0.15) is 10.0 Å². The van der Waals surface area contributed by atoms with Gasteiger partial charge in [0.2, 0.25) is 5.91 Å². The van der Waals surface area contributed by atoms with Crippen molar-refractivity contribution in [3.8, 4) is 10.6 Å². The zero-order chi connectivity index (χ0) is 22.5. The number of hydrogen-bond donors (Lipinski definition) is 2. The Bertz CT molecular complexity index is 1270. The molecule has 0 bridgehead atoms. The van der Waals surface area contributed by atoms with E-state index in [-0.39, 0.29) is 17.0 Å². The molecule has 2 aromatic carbocycles. The summed E-state index contributed by atoms with van der Waals surface area (Å²) in [5, 5.41) is 8.91. The number of hydrogen-bond acceptors (Lipinski definition) is 5. The second-order valence-electron chi connectivity index (χ2n) is 9.62. The van der Waals surface area contributed by atoms with E-state index < -0.39 is 0 Å². The second-order valence-corrected chi connectivity index (χ2v) is 11.7. The summed E-state index contributed by atoms with van der Waals surface area (Å²) in [6, 6.07) is 18.1. The molecule has 0 fully saturated rings. The highest BCUT2D eigenvalue weighted by Gasteiger charge is 2.41. The molecule has 4 aromatic rings. The van der Waals surface area contributed by atoms with E-state index >= 15 is 0 Å². The Morgan fingerprint density at radius 2 is 1.75 bits per heavy atom. The first-order valence-electron chi connectivity index (χ1n) is 10.9. The smallest absolute Gasteiger partial charge is 0.229 e. The van der Waals surface area contributed by atoms with Crippen LogP contribution < -0.4 is 10.6 Å². The predicted octanol–water partition coefficient (Wildman–Crippen LogP) is 6.37. The van der Waals surface area contributed by atoms with Crippen molar-refractivity contribution in [2.24, 2.45) is 0 Å². The highest BCUT2D eigenvalue weighted by molar-refractivity contribution is 7.23. The van der Waals surface area contributed by atoms with Crippen molar-refractivity contribution in [2.45, 2.75) is 51.6 Å². The number of nitrogens with zero attached hydrogens (tertiary/aromatic N) is 1. The molecule has 5 rings (SSSR count).